The Hall–Kier alpha value is -1.91. The first kappa shape index (κ1) is 18.4. The van der Waals surface area contributed by atoms with E-state index in [-0.39, 0.29) is 30.9 Å². The third-order valence-electron chi connectivity index (χ3n) is 4.06. The van der Waals surface area contributed by atoms with Crippen LogP contribution in [0.15, 0.2) is 0 Å². The predicted molar refractivity (Wildman–Crippen MR) is 94.2 cm³/mol. The van der Waals surface area contributed by atoms with Crippen molar-refractivity contribution >= 4 is 28.2 Å². The van der Waals surface area contributed by atoms with Gasteiger partial charge in [-0.05, 0) is 45.6 Å². The van der Waals surface area contributed by atoms with Crippen molar-refractivity contribution in [2.75, 3.05) is 25.0 Å². The Balaban J connectivity index is 1.95. The Morgan fingerprint density at radius 3 is 2.62 bits per heavy atom. The van der Waals surface area contributed by atoms with E-state index in [1.807, 2.05) is 20.8 Å². The molecule has 7 heteroatoms. The third kappa shape index (κ3) is 4.56. The van der Waals surface area contributed by atoms with Crippen LogP contribution in [0.3, 0.4) is 0 Å². The maximum Gasteiger partial charge on any atom is 0.280 e. The minimum Gasteiger partial charge on any atom is -0.349 e. The molecule has 0 radical (unpaired) electrons. The van der Waals surface area contributed by atoms with Crippen LogP contribution in [0.1, 0.15) is 43.2 Å². The van der Waals surface area contributed by atoms with E-state index in [1.165, 1.54) is 16.2 Å². The van der Waals surface area contributed by atoms with Crippen LogP contribution in [0.2, 0.25) is 0 Å². The Morgan fingerprint density at radius 2 is 2.00 bits per heavy atom. The molecule has 0 aromatic carbocycles. The van der Waals surface area contributed by atoms with Gasteiger partial charge >= 0.3 is 0 Å². The highest BCUT2D eigenvalue weighted by molar-refractivity contribution is 7.16. The maximum absolute atomic E-state index is 12.3. The number of aryl methyl sites for hydroxylation is 1. The summed E-state index contributed by atoms with van der Waals surface area (Å²) in [7, 11) is 0. The van der Waals surface area contributed by atoms with Gasteiger partial charge in [-0.15, -0.1) is 11.3 Å². The molecule has 0 spiro atoms. The summed E-state index contributed by atoms with van der Waals surface area (Å²) < 4.78 is 0. The lowest BCUT2D eigenvalue weighted by atomic mass is 10.1. The van der Waals surface area contributed by atoms with Gasteiger partial charge in [0.25, 0.3) is 11.8 Å². The van der Waals surface area contributed by atoms with Crippen LogP contribution in [-0.2, 0) is 22.4 Å². The second kappa shape index (κ2) is 8.27. The number of fused-ring (bicyclic) bond motifs is 1. The fraction of sp³-hybridized carbons (Fsp3) is 0.588. The lowest BCUT2D eigenvalue weighted by Crippen LogP contribution is -3.14. The van der Waals surface area contributed by atoms with Crippen molar-refractivity contribution in [2.45, 2.75) is 46.1 Å². The molecule has 1 aromatic rings. The first-order valence-corrected chi connectivity index (χ1v) is 9.23. The fourth-order valence-electron chi connectivity index (χ4n) is 2.92. The SMILES string of the molecule is CC[NH+](CC(=O)Nc1sc2c(c1C#N)CCC2)CC(=O)NC(C)C. The summed E-state index contributed by atoms with van der Waals surface area (Å²) in [4.78, 5) is 26.3. The van der Waals surface area contributed by atoms with E-state index in [0.29, 0.717) is 17.1 Å². The van der Waals surface area contributed by atoms with Gasteiger partial charge in [0.1, 0.15) is 11.1 Å². The number of anilines is 1. The van der Waals surface area contributed by atoms with Crippen molar-refractivity contribution in [1.29, 1.82) is 5.26 Å². The van der Waals surface area contributed by atoms with Crippen molar-refractivity contribution in [2.24, 2.45) is 0 Å². The maximum atomic E-state index is 12.3. The molecule has 2 amide bonds. The number of amides is 2. The predicted octanol–water partition coefficient (Wildman–Crippen LogP) is 0.476. The van der Waals surface area contributed by atoms with Crippen molar-refractivity contribution in [3.63, 3.8) is 0 Å². The van der Waals surface area contributed by atoms with Crippen LogP contribution >= 0.6 is 11.3 Å². The van der Waals surface area contributed by atoms with Crippen LogP contribution in [0.25, 0.3) is 0 Å². The monoisotopic (exact) mass is 349 g/mol. The average molecular weight is 349 g/mol. The van der Waals surface area contributed by atoms with E-state index in [1.54, 1.807) is 0 Å². The summed E-state index contributed by atoms with van der Waals surface area (Å²) in [6, 6.07) is 2.32. The number of carbonyl (C=O) groups excluding carboxylic acids is 2. The average Bonchev–Trinajstić information content (AvgIpc) is 3.05. The van der Waals surface area contributed by atoms with Crippen LogP contribution in [0.4, 0.5) is 5.00 Å². The van der Waals surface area contributed by atoms with Gasteiger partial charge in [0.2, 0.25) is 0 Å². The Kier molecular flexibility index (Phi) is 6.35. The van der Waals surface area contributed by atoms with Gasteiger partial charge in [0.15, 0.2) is 13.1 Å². The van der Waals surface area contributed by atoms with Crippen molar-refractivity contribution < 1.29 is 14.5 Å². The summed E-state index contributed by atoms with van der Waals surface area (Å²) in [6.45, 7) is 6.95. The van der Waals surface area contributed by atoms with Crippen LogP contribution in [0, 0.1) is 11.3 Å². The Labute approximate surface area is 146 Å². The molecule has 3 N–H and O–H groups in total. The van der Waals surface area contributed by atoms with Crippen molar-refractivity contribution in [1.82, 2.24) is 5.32 Å². The van der Waals surface area contributed by atoms with Crippen LogP contribution in [-0.4, -0.2) is 37.5 Å². The van der Waals surface area contributed by atoms with Gasteiger partial charge in [-0.1, -0.05) is 0 Å². The molecule has 1 atom stereocenters. The van der Waals surface area contributed by atoms with E-state index < -0.39 is 0 Å². The highest BCUT2D eigenvalue weighted by Gasteiger charge is 2.24. The standard InChI is InChI=1S/C17H24N4O2S/c1-4-21(9-15(22)19-11(2)3)10-16(23)20-17-13(8-18)12-6-5-7-14(12)24-17/h11H,4-7,9-10H2,1-3H3,(H,19,22)(H,20,23)/p+1. The molecule has 130 valence electrons. The molecule has 0 fully saturated rings. The Bertz CT molecular complexity index is 660. The zero-order chi connectivity index (χ0) is 17.7. The number of likely N-dealkylation sites (N-methyl/N-ethyl adjacent to an activating group) is 1. The van der Waals surface area contributed by atoms with Gasteiger partial charge in [0.05, 0.1) is 12.1 Å². The number of rotatable bonds is 7. The van der Waals surface area contributed by atoms with Crippen LogP contribution in [0.5, 0.6) is 0 Å². The number of nitrogens with zero attached hydrogens (tertiary/aromatic N) is 1. The van der Waals surface area contributed by atoms with E-state index in [4.69, 9.17) is 0 Å². The van der Waals surface area contributed by atoms with E-state index in [9.17, 15) is 14.9 Å². The van der Waals surface area contributed by atoms with E-state index in [2.05, 4.69) is 16.7 Å². The topological polar surface area (TPSA) is 86.4 Å². The number of hydrogen-bond donors (Lipinski definition) is 3. The summed E-state index contributed by atoms with van der Waals surface area (Å²) in [5.74, 6) is -0.205. The molecule has 24 heavy (non-hydrogen) atoms. The van der Waals surface area contributed by atoms with Gasteiger partial charge in [0, 0.05) is 10.9 Å². The lowest BCUT2D eigenvalue weighted by molar-refractivity contribution is -0.881. The molecule has 1 aromatic heterocycles. The quantitative estimate of drug-likeness (QED) is 0.669. The number of nitriles is 1. The molecule has 1 aliphatic carbocycles. The molecular formula is C17H25N4O2S+. The molecule has 6 nitrogen and oxygen atoms in total. The highest BCUT2D eigenvalue weighted by Crippen LogP contribution is 2.38. The van der Waals surface area contributed by atoms with Gasteiger partial charge in [-0.3, -0.25) is 9.59 Å². The molecule has 2 rings (SSSR count). The van der Waals surface area contributed by atoms with E-state index in [0.717, 1.165) is 29.7 Å². The zero-order valence-electron chi connectivity index (χ0n) is 14.5. The summed E-state index contributed by atoms with van der Waals surface area (Å²) >= 11 is 1.52. The minimum atomic E-state index is -0.152. The normalized spacial score (nSPS) is 14.1. The molecule has 0 aliphatic heterocycles. The highest BCUT2D eigenvalue weighted by atomic mass is 32.1. The lowest BCUT2D eigenvalue weighted by Gasteiger charge is -2.17. The van der Waals surface area contributed by atoms with Gasteiger partial charge in [-0.2, -0.15) is 5.26 Å². The smallest absolute Gasteiger partial charge is 0.280 e. The number of thiophene rings is 1. The summed E-state index contributed by atoms with van der Waals surface area (Å²) in [5, 5.41) is 15.7. The van der Waals surface area contributed by atoms with Gasteiger partial charge in [-0.25, -0.2) is 0 Å². The van der Waals surface area contributed by atoms with E-state index >= 15 is 0 Å². The van der Waals surface area contributed by atoms with Gasteiger partial charge < -0.3 is 15.5 Å². The molecule has 1 heterocycles. The zero-order valence-corrected chi connectivity index (χ0v) is 15.3. The minimum absolute atomic E-state index is 0.0533. The number of carbonyl (C=O) groups is 2. The Morgan fingerprint density at radius 1 is 1.29 bits per heavy atom. The van der Waals surface area contributed by atoms with Crippen molar-refractivity contribution in [3.8, 4) is 6.07 Å². The second-order valence-electron chi connectivity index (χ2n) is 6.40. The molecular weight excluding hydrogens is 324 g/mol. The molecule has 0 saturated carbocycles. The molecule has 1 aliphatic rings. The third-order valence-corrected chi connectivity index (χ3v) is 5.26. The number of hydrogen-bond acceptors (Lipinski definition) is 4. The largest absolute Gasteiger partial charge is 0.349 e. The molecule has 0 saturated heterocycles. The van der Waals surface area contributed by atoms with Crippen molar-refractivity contribution in [3.05, 3.63) is 16.0 Å². The molecule has 1 unspecified atom stereocenters. The first-order valence-electron chi connectivity index (χ1n) is 8.42. The van der Waals surface area contributed by atoms with Crippen LogP contribution < -0.4 is 15.5 Å². The number of nitrogens with one attached hydrogen (secondary N) is 3. The first-order chi connectivity index (χ1) is 11.4. The molecule has 0 bridgehead atoms. The second-order valence-corrected chi connectivity index (χ2v) is 7.51. The number of quaternary nitrogens is 1. The summed E-state index contributed by atoms with van der Waals surface area (Å²) in [5.41, 5.74) is 1.73. The fourth-order valence-corrected chi connectivity index (χ4v) is 4.18. The summed E-state index contributed by atoms with van der Waals surface area (Å²) in [6.07, 6.45) is 3.00.